The van der Waals surface area contributed by atoms with E-state index < -0.39 is 0 Å². The largest absolute Gasteiger partial charge is 0.374 e. The van der Waals surface area contributed by atoms with Crippen LogP contribution in [-0.2, 0) is 11.2 Å². The average Bonchev–Trinajstić information content (AvgIpc) is 2.61. The van der Waals surface area contributed by atoms with Crippen molar-refractivity contribution in [2.24, 2.45) is 0 Å². The van der Waals surface area contributed by atoms with E-state index in [9.17, 15) is 4.79 Å². The number of hydrogen-bond acceptors (Lipinski definition) is 3. The number of hydrogen-bond donors (Lipinski definition) is 0. The van der Waals surface area contributed by atoms with Gasteiger partial charge in [-0.1, -0.05) is 30.3 Å². The van der Waals surface area contributed by atoms with Crippen LogP contribution >= 0.6 is 0 Å². The molecule has 0 N–H and O–H groups in total. The van der Waals surface area contributed by atoms with Crippen LogP contribution in [0.15, 0.2) is 54.9 Å². The van der Waals surface area contributed by atoms with Crippen LogP contribution in [0.25, 0.3) is 0 Å². The maximum atomic E-state index is 12.9. The molecule has 0 radical (unpaired) electrons. The SMILES string of the molecule is CC1(C)COC(CCc2ccccc2)CN1C(=O)c1ccncc1. The van der Waals surface area contributed by atoms with Crippen LogP contribution in [-0.4, -0.2) is 40.6 Å². The van der Waals surface area contributed by atoms with Gasteiger partial charge in [0.05, 0.1) is 18.2 Å². The predicted molar refractivity (Wildman–Crippen MR) is 93.9 cm³/mol. The molecule has 24 heavy (non-hydrogen) atoms. The lowest BCUT2D eigenvalue weighted by Crippen LogP contribution is -2.58. The molecule has 126 valence electrons. The number of rotatable bonds is 4. The molecule has 3 rings (SSSR count). The minimum atomic E-state index is -0.302. The van der Waals surface area contributed by atoms with E-state index in [1.165, 1.54) is 5.56 Å². The van der Waals surface area contributed by atoms with E-state index in [4.69, 9.17) is 4.74 Å². The molecule has 2 heterocycles. The first-order chi connectivity index (χ1) is 11.6. The molecule has 1 saturated heterocycles. The number of benzene rings is 1. The van der Waals surface area contributed by atoms with Gasteiger partial charge in [-0.2, -0.15) is 0 Å². The Morgan fingerprint density at radius 3 is 2.62 bits per heavy atom. The Balaban J connectivity index is 1.67. The van der Waals surface area contributed by atoms with Gasteiger partial charge in [-0.25, -0.2) is 0 Å². The van der Waals surface area contributed by atoms with E-state index in [0.717, 1.165) is 12.8 Å². The summed E-state index contributed by atoms with van der Waals surface area (Å²) in [6.07, 6.45) is 5.27. The molecule has 0 spiro atoms. The van der Waals surface area contributed by atoms with Crippen molar-refractivity contribution >= 4 is 5.91 Å². The summed E-state index contributed by atoms with van der Waals surface area (Å²) in [5, 5.41) is 0. The predicted octanol–water partition coefficient (Wildman–Crippen LogP) is 3.33. The van der Waals surface area contributed by atoms with E-state index in [-0.39, 0.29) is 17.6 Å². The Kier molecular flexibility index (Phi) is 4.95. The minimum Gasteiger partial charge on any atom is -0.374 e. The van der Waals surface area contributed by atoms with Crippen molar-refractivity contribution in [2.75, 3.05) is 13.2 Å². The van der Waals surface area contributed by atoms with Crippen LogP contribution in [0.4, 0.5) is 0 Å². The van der Waals surface area contributed by atoms with Crippen molar-refractivity contribution in [2.45, 2.75) is 38.3 Å². The van der Waals surface area contributed by atoms with Gasteiger partial charge in [-0.05, 0) is 44.4 Å². The zero-order chi connectivity index (χ0) is 17.0. The van der Waals surface area contributed by atoms with Crippen LogP contribution in [0.5, 0.6) is 0 Å². The van der Waals surface area contributed by atoms with Crippen LogP contribution < -0.4 is 0 Å². The topological polar surface area (TPSA) is 42.4 Å². The van der Waals surface area contributed by atoms with Crippen molar-refractivity contribution in [3.05, 3.63) is 66.0 Å². The van der Waals surface area contributed by atoms with Crippen LogP contribution in [0.3, 0.4) is 0 Å². The lowest BCUT2D eigenvalue weighted by Gasteiger charge is -2.45. The summed E-state index contributed by atoms with van der Waals surface area (Å²) in [6.45, 7) is 5.29. The number of aromatic nitrogens is 1. The first-order valence-corrected chi connectivity index (χ1v) is 8.44. The summed E-state index contributed by atoms with van der Waals surface area (Å²) in [4.78, 5) is 18.8. The lowest BCUT2D eigenvalue weighted by atomic mass is 9.97. The summed E-state index contributed by atoms with van der Waals surface area (Å²) in [7, 11) is 0. The second-order valence-corrected chi connectivity index (χ2v) is 6.92. The summed E-state index contributed by atoms with van der Waals surface area (Å²) < 4.78 is 6.02. The van der Waals surface area contributed by atoms with E-state index in [0.29, 0.717) is 18.7 Å². The molecule has 4 heteroatoms. The highest BCUT2D eigenvalue weighted by Gasteiger charge is 2.38. The quantitative estimate of drug-likeness (QED) is 0.866. The monoisotopic (exact) mass is 324 g/mol. The Morgan fingerprint density at radius 1 is 1.21 bits per heavy atom. The average molecular weight is 324 g/mol. The van der Waals surface area contributed by atoms with Crippen molar-refractivity contribution in [1.29, 1.82) is 0 Å². The fourth-order valence-corrected chi connectivity index (χ4v) is 3.06. The third kappa shape index (κ3) is 3.82. The summed E-state index contributed by atoms with van der Waals surface area (Å²) in [5.41, 5.74) is 1.68. The smallest absolute Gasteiger partial charge is 0.254 e. The number of nitrogens with zero attached hydrogens (tertiary/aromatic N) is 2. The van der Waals surface area contributed by atoms with Gasteiger partial charge in [0, 0.05) is 24.5 Å². The van der Waals surface area contributed by atoms with Gasteiger partial charge < -0.3 is 9.64 Å². The van der Waals surface area contributed by atoms with E-state index in [1.807, 2.05) is 11.0 Å². The maximum absolute atomic E-state index is 12.9. The zero-order valence-corrected chi connectivity index (χ0v) is 14.3. The van der Waals surface area contributed by atoms with Crippen molar-refractivity contribution in [3.8, 4) is 0 Å². The molecule has 4 nitrogen and oxygen atoms in total. The minimum absolute atomic E-state index is 0.0513. The van der Waals surface area contributed by atoms with Crippen molar-refractivity contribution < 1.29 is 9.53 Å². The Morgan fingerprint density at radius 2 is 1.92 bits per heavy atom. The normalized spacial score (nSPS) is 19.9. The fourth-order valence-electron chi connectivity index (χ4n) is 3.06. The lowest BCUT2D eigenvalue weighted by molar-refractivity contribution is -0.0849. The van der Waals surface area contributed by atoms with Crippen LogP contribution in [0.2, 0.25) is 0 Å². The van der Waals surface area contributed by atoms with Crippen molar-refractivity contribution in [3.63, 3.8) is 0 Å². The highest BCUT2D eigenvalue weighted by molar-refractivity contribution is 5.94. The van der Waals surface area contributed by atoms with Gasteiger partial charge in [0.15, 0.2) is 0 Å². The van der Waals surface area contributed by atoms with E-state index in [1.54, 1.807) is 24.5 Å². The van der Waals surface area contributed by atoms with E-state index >= 15 is 0 Å². The number of carbonyl (C=O) groups is 1. The Hall–Kier alpha value is -2.20. The number of ether oxygens (including phenoxy) is 1. The van der Waals surface area contributed by atoms with Gasteiger partial charge >= 0.3 is 0 Å². The molecule has 1 aliphatic heterocycles. The number of amides is 1. The molecule has 1 unspecified atom stereocenters. The third-order valence-electron chi connectivity index (χ3n) is 4.56. The third-order valence-corrected chi connectivity index (χ3v) is 4.56. The molecule has 2 aromatic rings. The molecule has 1 fully saturated rings. The molecule has 0 aliphatic carbocycles. The summed E-state index contributed by atoms with van der Waals surface area (Å²) in [5.74, 6) is 0.0513. The van der Waals surface area contributed by atoms with Gasteiger partial charge in [-0.15, -0.1) is 0 Å². The number of aryl methyl sites for hydroxylation is 1. The standard InChI is InChI=1S/C20H24N2O2/c1-20(2)15-24-18(9-8-16-6-4-3-5-7-16)14-22(20)19(23)17-10-12-21-13-11-17/h3-7,10-13,18H,8-9,14-15H2,1-2H3. The summed E-state index contributed by atoms with van der Waals surface area (Å²) >= 11 is 0. The molecule has 1 amide bonds. The number of morpholine rings is 1. The van der Waals surface area contributed by atoms with Crippen molar-refractivity contribution in [1.82, 2.24) is 9.88 Å². The molecular formula is C20H24N2O2. The molecule has 1 aromatic carbocycles. The van der Waals surface area contributed by atoms with Gasteiger partial charge in [0.1, 0.15) is 0 Å². The van der Waals surface area contributed by atoms with Gasteiger partial charge in [-0.3, -0.25) is 9.78 Å². The Bertz CT molecular complexity index is 671. The van der Waals surface area contributed by atoms with Crippen LogP contribution in [0.1, 0.15) is 36.2 Å². The second kappa shape index (κ2) is 7.14. The molecule has 0 bridgehead atoms. The fraction of sp³-hybridized carbons (Fsp3) is 0.400. The second-order valence-electron chi connectivity index (χ2n) is 6.92. The number of carbonyl (C=O) groups excluding carboxylic acids is 1. The van der Waals surface area contributed by atoms with Gasteiger partial charge in [0.2, 0.25) is 0 Å². The van der Waals surface area contributed by atoms with Crippen LogP contribution in [0, 0.1) is 0 Å². The molecule has 0 saturated carbocycles. The number of pyridine rings is 1. The van der Waals surface area contributed by atoms with E-state index in [2.05, 4.69) is 43.1 Å². The Labute approximate surface area is 143 Å². The zero-order valence-electron chi connectivity index (χ0n) is 14.3. The first-order valence-electron chi connectivity index (χ1n) is 8.44. The molecule has 1 atom stereocenters. The highest BCUT2D eigenvalue weighted by Crippen LogP contribution is 2.26. The first kappa shape index (κ1) is 16.7. The highest BCUT2D eigenvalue weighted by atomic mass is 16.5. The molecule has 1 aromatic heterocycles. The molecule has 1 aliphatic rings. The summed E-state index contributed by atoms with van der Waals surface area (Å²) in [6, 6.07) is 13.9. The molecular weight excluding hydrogens is 300 g/mol. The maximum Gasteiger partial charge on any atom is 0.254 e. The van der Waals surface area contributed by atoms with Gasteiger partial charge in [0.25, 0.3) is 5.91 Å².